The molecular weight excluding hydrogens is 470 g/mol. The molecule has 0 aliphatic carbocycles. The number of aryl methyl sites for hydroxylation is 1. The van der Waals surface area contributed by atoms with Crippen LogP contribution in [0.4, 0.5) is 0 Å². The van der Waals surface area contributed by atoms with E-state index in [2.05, 4.69) is 69.3 Å². The lowest BCUT2D eigenvalue weighted by molar-refractivity contribution is 0.0901. The third kappa shape index (κ3) is 5.51. The van der Waals surface area contributed by atoms with Crippen LogP contribution in [0.5, 0.6) is 0 Å². The third-order valence-corrected chi connectivity index (χ3v) is 7.02. The summed E-state index contributed by atoms with van der Waals surface area (Å²) in [7, 11) is 0. The van der Waals surface area contributed by atoms with Crippen LogP contribution in [0.1, 0.15) is 26.7 Å². The zero-order valence-corrected chi connectivity index (χ0v) is 19.5. The van der Waals surface area contributed by atoms with E-state index in [1.54, 1.807) is 22.8 Å². The number of hydrogen-bond acceptors (Lipinski definition) is 4. The smallest absolute Gasteiger partial charge is 0.169 e. The second-order valence-corrected chi connectivity index (χ2v) is 9.49. The molecule has 2 atom stereocenters. The van der Waals surface area contributed by atoms with Gasteiger partial charge in [0, 0.05) is 20.2 Å². The first-order valence-corrected chi connectivity index (χ1v) is 11.7. The van der Waals surface area contributed by atoms with Gasteiger partial charge in [-0.05, 0) is 36.8 Å². The van der Waals surface area contributed by atoms with Gasteiger partial charge in [0.25, 0.3) is 0 Å². The van der Waals surface area contributed by atoms with Crippen LogP contribution in [-0.2, 0) is 6.54 Å². The van der Waals surface area contributed by atoms with E-state index in [0.717, 1.165) is 14.9 Å². The maximum atomic E-state index is 13.8. The highest BCUT2D eigenvalue weighted by molar-refractivity contribution is 9.10. The summed E-state index contributed by atoms with van der Waals surface area (Å²) in [5.74, 6) is -0.229. The maximum absolute atomic E-state index is 13.8. The van der Waals surface area contributed by atoms with Gasteiger partial charge in [0.2, 0.25) is 0 Å². The summed E-state index contributed by atoms with van der Waals surface area (Å²) < 4.78 is 2.69. The molecule has 0 saturated carbocycles. The van der Waals surface area contributed by atoms with Crippen LogP contribution < -0.4 is 0 Å². The number of hydrogen-bond donors (Lipinski definition) is 0. The highest BCUT2D eigenvalue weighted by atomic mass is 79.9. The molecule has 4 rings (SSSR count). The predicted octanol–water partition coefficient (Wildman–Crippen LogP) is 6.38. The number of thioether (sulfide) groups is 1. The monoisotopic (exact) mass is 491 g/mol. The Morgan fingerprint density at radius 2 is 1.71 bits per heavy atom. The van der Waals surface area contributed by atoms with Crippen molar-refractivity contribution in [2.45, 2.75) is 23.6 Å². The Kier molecular flexibility index (Phi) is 6.99. The standard InChI is InChI=1S/C25H22BrN3OS/c1-18-7-13-22(14-8-18)31-25(20-5-3-2-4-6-20)23(15-29-17-27-16-28-29)24(30)19-9-11-21(26)12-10-19/h2-14,16-17,23,25H,15H2,1H3/t23-,25-/m1/s1. The number of halogens is 1. The molecule has 0 fully saturated rings. The fourth-order valence-electron chi connectivity index (χ4n) is 3.46. The SMILES string of the molecule is Cc1ccc(S[C@H](c2ccccc2)[C@H](Cn2cncn2)C(=O)c2ccc(Br)cc2)cc1. The van der Waals surface area contributed by atoms with Crippen LogP contribution in [0.25, 0.3) is 0 Å². The summed E-state index contributed by atoms with van der Waals surface area (Å²) in [6.07, 6.45) is 3.17. The number of aromatic nitrogens is 3. The summed E-state index contributed by atoms with van der Waals surface area (Å²) in [4.78, 5) is 19.0. The van der Waals surface area contributed by atoms with Gasteiger partial charge >= 0.3 is 0 Å². The number of carbonyl (C=O) groups excluding carboxylic acids is 1. The molecule has 3 aromatic carbocycles. The average Bonchev–Trinajstić information content (AvgIpc) is 3.31. The van der Waals surface area contributed by atoms with Gasteiger partial charge in [-0.1, -0.05) is 76.1 Å². The number of ketones is 1. The van der Waals surface area contributed by atoms with E-state index in [1.807, 2.05) is 42.5 Å². The van der Waals surface area contributed by atoms with Crippen molar-refractivity contribution in [3.05, 3.63) is 113 Å². The summed E-state index contributed by atoms with van der Waals surface area (Å²) in [6, 6.07) is 26.2. The maximum Gasteiger partial charge on any atom is 0.169 e. The minimum atomic E-state index is -0.323. The molecule has 1 aromatic heterocycles. The molecule has 0 unspecified atom stereocenters. The van der Waals surface area contributed by atoms with Crippen LogP contribution in [0.15, 0.2) is 101 Å². The zero-order valence-electron chi connectivity index (χ0n) is 17.1. The molecule has 0 saturated heterocycles. The van der Waals surface area contributed by atoms with Crippen LogP contribution >= 0.6 is 27.7 Å². The van der Waals surface area contributed by atoms with Crippen molar-refractivity contribution in [3.8, 4) is 0 Å². The van der Waals surface area contributed by atoms with Gasteiger partial charge in [0.05, 0.1) is 12.5 Å². The summed E-state index contributed by atoms with van der Waals surface area (Å²) >= 11 is 5.17. The van der Waals surface area contributed by atoms with E-state index in [9.17, 15) is 4.79 Å². The van der Waals surface area contributed by atoms with E-state index in [-0.39, 0.29) is 17.0 Å². The molecule has 0 bridgehead atoms. The molecule has 0 N–H and O–H groups in total. The molecule has 156 valence electrons. The Bertz CT molecular complexity index is 1110. The van der Waals surface area contributed by atoms with Gasteiger partial charge in [-0.25, -0.2) is 4.98 Å². The molecule has 4 aromatic rings. The van der Waals surface area contributed by atoms with E-state index in [0.29, 0.717) is 12.1 Å². The van der Waals surface area contributed by atoms with Gasteiger partial charge in [-0.15, -0.1) is 11.8 Å². The molecule has 0 amide bonds. The number of nitrogens with zero attached hydrogens (tertiary/aromatic N) is 3. The minimum Gasteiger partial charge on any atom is -0.294 e. The molecule has 0 aliphatic heterocycles. The number of Topliss-reactive ketones (excluding diaryl/α,β-unsaturated/α-hetero) is 1. The van der Waals surface area contributed by atoms with Crippen LogP contribution in [0, 0.1) is 12.8 Å². The Morgan fingerprint density at radius 1 is 1.00 bits per heavy atom. The Morgan fingerprint density at radius 3 is 2.35 bits per heavy atom. The van der Waals surface area contributed by atoms with Crippen molar-refractivity contribution in [1.82, 2.24) is 14.8 Å². The third-order valence-electron chi connectivity index (χ3n) is 5.09. The lowest BCUT2D eigenvalue weighted by Gasteiger charge is -2.26. The van der Waals surface area contributed by atoms with Crippen LogP contribution in [0.3, 0.4) is 0 Å². The molecule has 31 heavy (non-hydrogen) atoms. The molecular formula is C25H22BrN3OS. The van der Waals surface area contributed by atoms with Gasteiger partial charge in [-0.2, -0.15) is 5.10 Å². The number of benzene rings is 3. The minimum absolute atomic E-state index is 0.0794. The molecule has 6 heteroatoms. The fraction of sp³-hybridized carbons (Fsp3) is 0.160. The topological polar surface area (TPSA) is 47.8 Å². The normalized spacial score (nSPS) is 13.0. The predicted molar refractivity (Wildman–Crippen MR) is 128 cm³/mol. The fourth-order valence-corrected chi connectivity index (χ4v) is 4.98. The molecule has 0 aliphatic rings. The lowest BCUT2D eigenvalue weighted by atomic mass is 9.90. The zero-order chi connectivity index (χ0) is 21.6. The van der Waals surface area contributed by atoms with Crippen molar-refractivity contribution in [2.75, 3.05) is 0 Å². The average molecular weight is 492 g/mol. The van der Waals surface area contributed by atoms with Gasteiger partial charge in [-0.3, -0.25) is 9.48 Å². The highest BCUT2D eigenvalue weighted by Crippen LogP contribution is 2.42. The van der Waals surface area contributed by atoms with Crippen molar-refractivity contribution in [2.24, 2.45) is 5.92 Å². The summed E-state index contributed by atoms with van der Waals surface area (Å²) in [5, 5.41) is 4.20. The molecule has 0 spiro atoms. The van der Waals surface area contributed by atoms with Gasteiger partial charge in [0.15, 0.2) is 5.78 Å². The van der Waals surface area contributed by atoms with Crippen molar-refractivity contribution in [1.29, 1.82) is 0 Å². The van der Waals surface area contributed by atoms with Crippen molar-refractivity contribution < 1.29 is 4.79 Å². The second kappa shape index (κ2) is 10.1. The Hall–Kier alpha value is -2.70. The Labute approximate surface area is 194 Å². The first kappa shape index (κ1) is 21.5. The van der Waals surface area contributed by atoms with Gasteiger partial charge in [0.1, 0.15) is 12.7 Å². The van der Waals surface area contributed by atoms with Crippen molar-refractivity contribution in [3.63, 3.8) is 0 Å². The van der Waals surface area contributed by atoms with Crippen molar-refractivity contribution >= 4 is 33.5 Å². The quantitative estimate of drug-likeness (QED) is 0.212. The van der Waals surface area contributed by atoms with E-state index >= 15 is 0 Å². The van der Waals surface area contributed by atoms with E-state index in [1.165, 1.54) is 11.9 Å². The number of rotatable bonds is 8. The van der Waals surface area contributed by atoms with Crippen LogP contribution in [0.2, 0.25) is 0 Å². The molecule has 1 heterocycles. The van der Waals surface area contributed by atoms with E-state index in [4.69, 9.17) is 0 Å². The first-order chi connectivity index (χ1) is 15.1. The van der Waals surface area contributed by atoms with E-state index < -0.39 is 0 Å². The lowest BCUT2D eigenvalue weighted by Crippen LogP contribution is -2.26. The highest BCUT2D eigenvalue weighted by Gasteiger charge is 2.32. The summed E-state index contributed by atoms with van der Waals surface area (Å²) in [6.45, 7) is 2.53. The van der Waals surface area contributed by atoms with Gasteiger partial charge < -0.3 is 0 Å². The Balaban J connectivity index is 1.75. The number of carbonyl (C=O) groups is 1. The first-order valence-electron chi connectivity index (χ1n) is 10.0. The van der Waals surface area contributed by atoms with Crippen LogP contribution in [-0.4, -0.2) is 20.5 Å². The molecule has 0 radical (unpaired) electrons. The largest absolute Gasteiger partial charge is 0.294 e. The molecule has 4 nitrogen and oxygen atoms in total. The summed E-state index contributed by atoms with van der Waals surface area (Å²) in [5.41, 5.74) is 3.02. The second-order valence-electron chi connectivity index (χ2n) is 7.36.